The molecule has 7 atom stereocenters. The van der Waals surface area contributed by atoms with Crippen LogP contribution in [0.25, 0.3) is 5.57 Å². The largest absolute Gasteiger partial charge is 0.274 e. The van der Waals surface area contributed by atoms with Gasteiger partial charge in [0.15, 0.2) is 0 Å². The van der Waals surface area contributed by atoms with Crippen molar-refractivity contribution < 1.29 is 29.0 Å². The summed E-state index contributed by atoms with van der Waals surface area (Å²) in [5.41, 5.74) is 2.26. The molecule has 9 rings (SSSR count). The van der Waals surface area contributed by atoms with Gasteiger partial charge in [-0.15, -0.1) is 0 Å². The molecule has 4 aliphatic carbocycles. The molecule has 3 aromatic carbocycles. The summed E-state index contributed by atoms with van der Waals surface area (Å²) < 4.78 is 0. The molecule has 0 aromatic heterocycles. The number of fused-ring (bicyclic) bond motifs is 1. The van der Waals surface area contributed by atoms with Crippen LogP contribution < -0.4 is 9.80 Å². The number of hydrogen-bond acceptors (Lipinski definition) is 8. The van der Waals surface area contributed by atoms with Gasteiger partial charge < -0.3 is 0 Å². The van der Waals surface area contributed by atoms with Crippen molar-refractivity contribution in [2.45, 2.75) is 6.42 Å². The average Bonchev–Trinajstić information content (AvgIpc) is 3.49. The van der Waals surface area contributed by atoms with Crippen LogP contribution in [0, 0.1) is 61.7 Å². The van der Waals surface area contributed by atoms with Gasteiger partial charge in [-0.05, 0) is 35.6 Å². The zero-order valence-corrected chi connectivity index (χ0v) is 24.0. The van der Waals surface area contributed by atoms with E-state index < -0.39 is 74.9 Å². The molecule has 12 heteroatoms. The topological polar surface area (TPSA) is 161 Å². The molecule has 46 heavy (non-hydrogen) atoms. The first kappa shape index (κ1) is 27.7. The first-order chi connectivity index (χ1) is 22.2. The van der Waals surface area contributed by atoms with Crippen LogP contribution in [-0.4, -0.2) is 33.5 Å². The molecule has 0 radical (unpaired) electrons. The molecular formula is C34H24N4O8. The predicted molar refractivity (Wildman–Crippen MR) is 163 cm³/mol. The number of hydrogen-bond donors (Lipinski definition) is 0. The number of nitrogens with zero attached hydrogens (tertiary/aromatic N) is 4. The van der Waals surface area contributed by atoms with Crippen LogP contribution in [-0.2, 0) is 19.2 Å². The highest BCUT2D eigenvalue weighted by atomic mass is 16.6. The Bertz CT molecular complexity index is 1990. The molecule has 2 saturated heterocycles. The number of rotatable bonds is 5. The van der Waals surface area contributed by atoms with Crippen LogP contribution in [0.4, 0.5) is 22.7 Å². The quantitative estimate of drug-likeness (QED) is 0.172. The van der Waals surface area contributed by atoms with E-state index >= 15 is 0 Å². The second-order valence-corrected chi connectivity index (χ2v) is 12.3. The van der Waals surface area contributed by atoms with Crippen molar-refractivity contribution in [2.75, 3.05) is 9.80 Å². The lowest BCUT2D eigenvalue weighted by molar-refractivity contribution is -0.385. The van der Waals surface area contributed by atoms with Crippen LogP contribution >= 0.6 is 0 Å². The lowest BCUT2D eigenvalue weighted by atomic mass is 9.49. The van der Waals surface area contributed by atoms with Crippen LogP contribution in [0.5, 0.6) is 0 Å². The smallest absolute Gasteiger partial charge is 0.271 e. The Labute approximate surface area is 260 Å². The summed E-state index contributed by atoms with van der Waals surface area (Å²) in [7, 11) is 0. The van der Waals surface area contributed by atoms with Crippen LogP contribution in [0.15, 0.2) is 96.6 Å². The predicted octanol–water partition coefficient (Wildman–Crippen LogP) is 4.70. The minimum atomic E-state index is -0.845. The van der Waals surface area contributed by atoms with Gasteiger partial charge in [-0.2, -0.15) is 0 Å². The summed E-state index contributed by atoms with van der Waals surface area (Å²) >= 11 is 0. The first-order valence-corrected chi connectivity index (χ1v) is 14.9. The van der Waals surface area contributed by atoms with Gasteiger partial charge in [0.1, 0.15) is 0 Å². The Morgan fingerprint density at radius 2 is 1.17 bits per heavy atom. The lowest BCUT2D eigenvalue weighted by Gasteiger charge is -2.51. The van der Waals surface area contributed by atoms with Gasteiger partial charge in [-0.25, -0.2) is 9.80 Å². The number of anilines is 2. The zero-order chi connectivity index (χ0) is 32.0. The molecule has 3 fully saturated rings. The summed E-state index contributed by atoms with van der Waals surface area (Å²) in [6, 6.07) is 20.3. The highest BCUT2D eigenvalue weighted by molar-refractivity contribution is 6.25. The highest BCUT2D eigenvalue weighted by Gasteiger charge is 2.67. The van der Waals surface area contributed by atoms with Crippen LogP contribution in [0.1, 0.15) is 12.0 Å². The fourth-order valence-corrected chi connectivity index (χ4v) is 8.52. The van der Waals surface area contributed by atoms with Crippen molar-refractivity contribution in [3.63, 3.8) is 0 Å². The van der Waals surface area contributed by atoms with Gasteiger partial charge in [0.2, 0.25) is 23.6 Å². The van der Waals surface area contributed by atoms with E-state index in [0.29, 0.717) is 0 Å². The number of allylic oxidation sites excluding steroid dienone is 4. The first-order valence-electron chi connectivity index (χ1n) is 14.9. The summed E-state index contributed by atoms with van der Waals surface area (Å²) in [5, 5.41) is 23.0. The van der Waals surface area contributed by atoms with Gasteiger partial charge in [-0.3, -0.25) is 39.4 Å². The summed E-state index contributed by atoms with van der Waals surface area (Å²) in [5.74, 6) is -6.84. The fraction of sp³-hybridized carbons (Fsp3) is 0.235. The van der Waals surface area contributed by atoms with Crippen molar-refractivity contribution in [3.05, 3.63) is 122 Å². The van der Waals surface area contributed by atoms with Gasteiger partial charge in [-0.1, -0.05) is 60.2 Å². The minimum Gasteiger partial charge on any atom is -0.274 e. The molecule has 4 amide bonds. The molecule has 0 N–H and O–H groups in total. The van der Waals surface area contributed by atoms with Gasteiger partial charge in [0, 0.05) is 36.1 Å². The van der Waals surface area contributed by atoms with E-state index in [9.17, 15) is 39.4 Å². The van der Waals surface area contributed by atoms with Crippen LogP contribution in [0.3, 0.4) is 0 Å². The monoisotopic (exact) mass is 616 g/mol. The number of imide groups is 2. The van der Waals surface area contributed by atoms with E-state index in [2.05, 4.69) is 0 Å². The van der Waals surface area contributed by atoms with Crippen molar-refractivity contribution >= 4 is 52.0 Å². The van der Waals surface area contributed by atoms with Gasteiger partial charge in [0.25, 0.3) is 11.4 Å². The molecule has 3 aromatic rings. The Morgan fingerprint density at radius 1 is 0.609 bits per heavy atom. The molecule has 228 valence electrons. The third-order valence-electron chi connectivity index (χ3n) is 10.2. The Kier molecular flexibility index (Phi) is 5.95. The van der Waals surface area contributed by atoms with Crippen molar-refractivity contribution in [1.29, 1.82) is 0 Å². The number of benzene rings is 3. The molecule has 2 aliphatic heterocycles. The molecule has 0 spiro atoms. The third-order valence-corrected chi connectivity index (χ3v) is 10.2. The zero-order valence-electron chi connectivity index (χ0n) is 24.0. The SMILES string of the molecule is O=C1[C@@H]2[C@@H]3C=C[C@H](C4=C(c5ccccc5)C[C@H]5C(=O)N(c6cccc([N+](=O)[O-])c6)C(=O)[C@@H]5[C@H]43)[C@H]2C(=O)N1c1cccc([N+](=O)[O-])c1. The van der Waals surface area contributed by atoms with Gasteiger partial charge >= 0.3 is 0 Å². The average molecular weight is 617 g/mol. The number of non-ortho nitro benzene ring substituents is 2. The standard InChI is InChI=1S/C34H24N4O8/c39-31-25-16-24(17-6-2-1-3-7-17)26-22-12-13-23(27(26)30(25)34(42)35(31)18-8-4-10-20(14-18)37(43)44)29-28(22)32(40)36(33(29)41)19-9-5-11-21(15-19)38(45)46/h1-15,22-23,25,27-30H,16H2/t22-,23-,25-,27+,28-,29-,30+/m1/s1. The van der Waals surface area contributed by atoms with E-state index in [-0.39, 0.29) is 29.2 Å². The minimum absolute atomic E-state index is 0.111. The summed E-state index contributed by atoms with van der Waals surface area (Å²) in [4.78, 5) is 80.5. The van der Waals surface area contributed by atoms with Crippen LogP contribution in [0.2, 0.25) is 0 Å². The number of carbonyl (C=O) groups excluding carboxylic acids is 4. The summed E-state index contributed by atoms with van der Waals surface area (Å²) in [6.07, 6.45) is 4.02. The molecule has 2 heterocycles. The molecule has 2 bridgehead atoms. The fourth-order valence-electron chi connectivity index (χ4n) is 8.52. The van der Waals surface area contributed by atoms with Crippen molar-refractivity contribution in [2.24, 2.45) is 41.4 Å². The Morgan fingerprint density at radius 3 is 1.78 bits per heavy atom. The second kappa shape index (κ2) is 9.86. The maximum absolute atomic E-state index is 14.3. The maximum atomic E-state index is 14.3. The maximum Gasteiger partial charge on any atom is 0.271 e. The third kappa shape index (κ3) is 3.73. The molecule has 12 nitrogen and oxygen atoms in total. The van der Waals surface area contributed by atoms with E-state index in [4.69, 9.17) is 0 Å². The van der Waals surface area contributed by atoms with E-state index in [1.807, 2.05) is 42.5 Å². The normalized spacial score (nSPS) is 29.3. The molecule has 0 unspecified atom stereocenters. The lowest BCUT2D eigenvalue weighted by Crippen LogP contribution is -2.51. The number of carbonyl (C=O) groups is 4. The summed E-state index contributed by atoms with van der Waals surface area (Å²) in [6.45, 7) is 0. The Hall–Kier alpha value is -5.78. The second-order valence-electron chi connectivity index (χ2n) is 12.3. The molecule has 6 aliphatic rings. The van der Waals surface area contributed by atoms with E-state index in [1.54, 1.807) is 0 Å². The van der Waals surface area contributed by atoms with E-state index in [0.717, 1.165) is 26.5 Å². The Balaban J connectivity index is 1.26. The molecular weight excluding hydrogens is 592 g/mol. The van der Waals surface area contributed by atoms with E-state index in [1.165, 1.54) is 48.5 Å². The highest BCUT2D eigenvalue weighted by Crippen LogP contribution is 2.63. The number of amides is 4. The number of nitro benzene ring substituents is 2. The molecule has 1 saturated carbocycles. The van der Waals surface area contributed by atoms with Gasteiger partial charge in [0.05, 0.1) is 44.9 Å². The van der Waals surface area contributed by atoms with Crippen molar-refractivity contribution in [1.82, 2.24) is 0 Å². The van der Waals surface area contributed by atoms with Crippen molar-refractivity contribution in [3.8, 4) is 0 Å². The number of nitro groups is 2.